The molecular formula is C7H11ClN2O4S. The first kappa shape index (κ1) is 12.4. The van der Waals surface area contributed by atoms with Gasteiger partial charge in [-0.05, 0) is 13.8 Å². The predicted octanol–water partition coefficient (Wildman–Crippen LogP) is -0.750. The number of carbonyl (C=O) groups is 2. The van der Waals surface area contributed by atoms with E-state index in [2.05, 4.69) is 5.32 Å². The van der Waals surface area contributed by atoms with Gasteiger partial charge in [-0.1, -0.05) is 0 Å². The number of hydrogen-bond donors (Lipinski definition) is 1. The molecule has 86 valence electrons. The Kier molecular flexibility index (Phi) is 3.09. The van der Waals surface area contributed by atoms with Crippen LogP contribution in [0.1, 0.15) is 13.8 Å². The van der Waals surface area contributed by atoms with Crippen molar-refractivity contribution in [1.82, 2.24) is 9.62 Å². The second-order valence-corrected chi connectivity index (χ2v) is 6.14. The lowest BCUT2D eigenvalue weighted by Crippen LogP contribution is -2.65. The maximum Gasteiger partial charge on any atom is 0.247 e. The Labute approximate surface area is 92.6 Å². The largest absolute Gasteiger partial charge is 0.294 e. The molecule has 0 aromatic carbocycles. The van der Waals surface area contributed by atoms with Crippen LogP contribution in [0.3, 0.4) is 0 Å². The number of piperazine rings is 1. The number of amides is 2. The highest BCUT2D eigenvalue weighted by Crippen LogP contribution is 2.22. The Morgan fingerprint density at radius 1 is 1.47 bits per heavy atom. The lowest BCUT2D eigenvalue weighted by atomic mass is 10.0. The fraction of sp³-hybridized carbons (Fsp3) is 0.714. The fourth-order valence-electron chi connectivity index (χ4n) is 1.27. The van der Waals surface area contributed by atoms with Crippen molar-refractivity contribution in [2.75, 3.05) is 11.8 Å². The summed E-state index contributed by atoms with van der Waals surface area (Å²) in [6.45, 7) is 2.45. The molecule has 1 aliphatic heterocycles. The van der Waals surface area contributed by atoms with Crippen LogP contribution in [-0.4, -0.2) is 41.8 Å². The molecule has 0 atom stereocenters. The minimum absolute atomic E-state index is 0.381. The van der Waals surface area contributed by atoms with Crippen molar-refractivity contribution in [2.45, 2.75) is 19.4 Å². The molecule has 15 heavy (non-hydrogen) atoms. The molecule has 1 rings (SSSR count). The summed E-state index contributed by atoms with van der Waals surface area (Å²) < 4.78 is 23.9. The average Bonchev–Trinajstić information content (AvgIpc) is 2.11. The molecule has 6 nitrogen and oxygen atoms in total. The molecule has 1 aliphatic rings. The zero-order valence-electron chi connectivity index (χ0n) is 8.28. The fourth-order valence-corrected chi connectivity index (χ4v) is 2.83. The van der Waals surface area contributed by atoms with E-state index in [1.165, 1.54) is 13.8 Å². The third-order valence-corrected chi connectivity index (χ3v) is 4.55. The predicted molar refractivity (Wildman–Crippen MR) is 53.6 cm³/mol. The van der Waals surface area contributed by atoms with E-state index >= 15 is 0 Å². The molecule has 0 aromatic heterocycles. The minimum atomic E-state index is -3.78. The Morgan fingerprint density at radius 2 is 2.00 bits per heavy atom. The molecule has 2 amide bonds. The van der Waals surface area contributed by atoms with E-state index < -0.39 is 32.6 Å². The van der Waals surface area contributed by atoms with E-state index in [1.807, 2.05) is 0 Å². The molecule has 1 N–H and O–H groups in total. The Hall–Kier alpha value is -0.660. The summed E-state index contributed by atoms with van der Waals surface area (Å²) in [5.74, 6) is -1.29. The van der Waals surface area contributed by atoms with E-state index in [0.29, 0.717) is 0 Å². The summed E-state index contributed by atoms with van der Waals surface area (Å²) in [6, 6.07) is 0. The first-order valence-corrected chi connectivity index (χ1v) is 6.27. The van der Waals surface area contributed by atoms with E-state index in [0.717, 1.165) is 4.31 Å². The van der Waals surface area contributed by atoms with Gasteiger partial charge in [0.2, 0.25) is 21.8 Å². The maximum absolute atomic E-state index is 11.5. The molecule has 0 unspecified atom stereocenters. The number of carbonyl (C=O) groups excluding carboxylic acids is 2. The number of hydrogen-bond acceptors (Lipinski definition) is 4. The van der Waals surface area contributed by atoms with Crippen molar-refractivity contribution in [2.24, 2.45) is 0 Å². The van der Waals surface area contributed by atoms with Gasteiger partial charge in [-0.3, -0.25) is 14.9 Å². The van der Waals surface area contributed by atoms with Gasteiger partial charge in [0.15, 0.2) is 0 Å². The third kappa shape index (κ3) is 2.14. The van der Waals surface area contributed by atoms with Crippen molar-refractivity contribution >= 4 is 33.4 Å². The molecule has 1 heterocycles. The highest BCUT2D eigenvalue weighted by atomic mass is 35.5. The van der Waals surface area contributed by atoms with E-state index in [4.69, 9.17) is 11.6 Å². The first-order valence-electron chi connectivity index (χ1n) is 4.12. The summed E-state index contributed by atoms with van der Waals surface area (Å²) in [7, 11) is -3.78. The lowest BCUT2D eigenvalue weighted by molar-refractivity contribution is -0.141. The van der Waals surface area contributed by atoms with Crippen LogP contribution in [0.2, 0.25) is 0 Å². The van der Waals surface area contributed by atoms with E-state index in [-0.39, 0.29) is 6.54 Å². The molecule has 0 radical (unpaired) electrons. The van der Waals surface area contributed by atoms with Crippen molar-refractivity contribution in [3.8, 4) is 0 Å². The standard InChI is InChI=1S/C7H11ClN2O4S/c1-7(2)6(12)9-5(11)3-10(7)15(13,14)4-8/h3-4H2,1-2H3,(H,9,11,12). The van der Waals surface area contributed by atoms with Crippen LogP contribution in [0.4, 0.5) is 0 Å². The van der Waals surface area contributed by atoms with Crippen LogP contribution in [0.15, 0.2) is 0 Å². The van der Waals surface area contributed by atoms with Crippen molar-refractivity contribution in [3.05, 3.63) is 0 Å². The maximum atomic E-state index is 11.5. The topological polar surface area (TPSA) is 83.6 Å². The van der Waals surface area contributed by atoms with E-state index in [1.54, 1.807) is 0 Å². The minimum Gasteiger partial charge on any atom is -0.294 e. The van der Waals surface area contributed by atoms with Gasteiger partial charge in [-0.15, -0.1) is 11.6 Å². The molecule has 0 bridgehead atoms. The molecule has 0 spiro atoms. The van der Waals surface area contributed by atoms with Gasteiger partial charge < -0.3 is 0 Å². The third-order valence-electron chi connectivity index (χ3n) is 2.19. The quantitative estimate of drug-likeness (QED) is 0.519. The molecule has 0 aliphatic carbocycles. The van der Waals surface area contributed by atoms with Crippen LogP contribution in [0.5, 0.6) is 0 Å². The lowest BCUT2D eigenvalue weighted by Gasteiger charge is -2.38. The van der Waals surface area contributed by atoms with Gasteiger partial charge >= 0.3 is 0 Å². The molecule has 1 saturated heterocycles. The Bertz CT molecular complexity index is 403. The summed E-state index contributed by atoms with van der Waals surface area (Å²) in [5.41, 5.74) is -1.29. The van der Waals surface area contributed by atoms with Gasteiger partial charge in [0.1, 0.15) is 10.8 Å². The monoisotopic (exact) mass is 254 g/mol. The van der Waals surface area contributed by atoms with Crippen LogP contribution in [0, 0.1) is 0 Å². The number of alkyl halides is 1. The molecule has 0 saturated carbocycles. The second kappa shape index (κ2) is 3.73. The molecular weight excluding hydrogens is 244 g/mol. The number of rotatable bonds is 2. The smallest absolute Gasteiger partial charge is 0.247 e. The summed E-state index contributed by atoms with van der Waals surface area (Å²) in [4.78, 5) is 22.5. The molecule has 8 heteroatoms. The van der Waals surface area contributed by atoms with Gasteiger partial charge in [0.25, 0.3) is 0 Å². The van der Waals surface area contributed by atoms with Crippen molar-refractivity contribution < 1.29 is 18.0 Å². The zero-order chi connectivity index (χ0) is 11.9. The Balaban J connectivity index is 3.16. The van der Waals surface area contributed by atoms with Gasteiger partial charge in [0, 0.05) is 0 Å². The van der Waals surface area contributed by atoms with Crippen LogP contribution >= 0.6 is 11.6 Å². The van der Waals surface area contributed by atoms with E-state index in [9.17, 15) is 18.0 Å². The SMILES string of the molecule is CC1(C)C(=O)NC(=O)CN1S(=O)(=O)CCl. The van der Waals surface area contributed by atoms with Crippen LogP contribution in [-0.2, 0) is 19.6 Å². The number of sulfonamides is 1. The van der Waals surface area contributed by atoms with Crippen molar-refractivity contribution in [1.29, 1.82) is 0 Å². The Morgan fingerprint density at radius 3 is 2.47 bits per heavy atom. The highest BCUT2D eigenvalue weighted by Gasteiger charge is 2.46. The van der Waals surface area contributed by atoms with Crippen LogP contribution in [0.25, 0.3) is 0 Å². The molecule has 1 fully saturated rings. The van der Waals surface area contributed by atoms with Gasteiger partial charge in [-0.25, -0.2) is 8.42 Å². The van der Waals surface area contributed by atoms with Crippen LogP contribution < -0.4 is 5.32 Å². The average molecular weight is 255 g/mol. The summed E-state index contributed by atoms with van der Waals surface area (Å²) in [5, 5.41) is 1.41. The van der Waals surface area contributed by atoms with Gasteiger partial charge in [-0.2, -0.15) is 4.31 Å². The zero-order valence-corrected chi connectivity index (χ0v) is 9.85. The molecule has 0 aromatic rings. The number of halogens is 1. The van der Waals surface area contributed by atoms with Gasteiger partial charge in [0.05, 0.1) is 6.54 Å². The summed E-state index contributed by atoms with van der Waals surface area (Å²) >= 11 is 5.28. The number of nitrogens with zero attached hydrogens (tertiary/aromatic N) is 1. The highest BCUT2D eigenvalue weighted by molar-refractivity contribution is 7.90. The summed E-state index contributed by atoms with van der Waals surface area (Å²) in [6.07, 6.45) is 0. The second-order valence-electron chi connectivity index (χ2n) is 3.66. The number of nitrogens with one attached hydrogen (secondary N) is 1. The first-order chi connectivity index (χ1) is 6.71. The van der Waals surface area contributed by atoms with Crippen molar-refractivity contribution in [3.63, 3.8) is 0 Å². The number of imide groups is 1. The normalized spacial score (nSPS) is 22.6.